The fourth-order valence-electron chi connectivity index (χ4n) is 0.456. The second kappa shape index (κ2) is 5.32. The molecule has 0 aliphatic heterocycles. The highest BCUT2D eigenvalue weighted by Crippen LogP contribution is 1.92. The van der Waals surface area contributed by atoms with Crippen molar-refractivity contribution in [3.63, 3.8) is 0 Å². The number of aliphatic hydroxyl groups is 1. The van der Waals surface area contributed by atoms with Gasteiger partial charge < -0.3 is 5.11 Å². The van der Waals surface area contributed by atoms with Crippen LogP contribution in [0.25, 0.3) is 0 Å². The van der Waals surface area contributed by atoms with Crippen LogP contribution in [-0.2, 0) is 0 Å². The summed E-state index contributed by atoms with van der Waals surface area (Å²) in [7, 11) is 0. The lowest BCUT2D eigenvalue weighted by atomic mass is 10.2. The molecule has 1 heteroatoms. The zero-order valence-corrected chi connectivity index (χ0v) is 5.46. The third kappa shape index (κ3) is 5.04. The molecular weight excluding hydrogens is 112 g/mol. The molecule has 0 fully saturated rings. The van der Waals surface area contributed by atoms with E-state index in [9.17, 15) is 0 Å². The van der Waals surface area contributed by atoms with E-state index in [1.807, 2.05) is 0 Å². The summed E-state index contributed by atoms with van der Waals surface area (Å²) in [4.78, 5) is 0. The average Bonchev–Trinajstić information content (AvgIpc) is 1.85. The molecule has 1 unspecified atom stereocenters. The number of hydrogen-bond acceptors (Lipinski definition) is 1. The smallest absolute Gasteiger partial charge is 0.0758 e. The summed E-state index contributed by atoms with van der Waals surface area (Å²) in [5.74, 6) is 0. The van der Waals surface area contributed by atoms with E-state index >= 15 is 0 Å². The molecule has 50 valence electrons. The summed E-state index contributed by atoms with van der Waals surface area (Å²) < 4.78 is 0. The van der Waals surface area contributed by atoms with Gasteiger partial charge in [0.05, 0.1) is 6.10 Å². The first-order chi connectivity index (χ1) is 4.31. The van der Waals surface area contributed by atoms with Crippen LogP contribution in [0, 0.1) is 0 Å². The minimum Gasteiger partial charge on any atom is -0.389 e. The van der Waals surface area contributed by atoms with Crippen LogP contribution in [-0.4, -0.2) is 11.2 Å². The Morgan fingerprint density at radius 2 is 2.11 bits per heavy atom. The van der Waals surface area contributed by atoms with Crippen LogP contribution in [0.4, 0.5) is 0 Å². The Bertz CT molecular complexity index is 114. The van der Waals surface area contributed by atoms with Gasteiger partial charge in [-0.15, -0.1) is 6.58 Å². The lowest BCUT2D eigenvalue weighted by Gasteiger charge is -1.96. The molecule has 0 rings (SSSR count). The number of hydrogen-bond donors (Lipinski definition) is 1. The lowest BCUT2D eigenvalue weighted by molar-refractivity contribution is 0.227. The summed E-state index contributed by atoms with van der Waals surface area (Å²) in [6.07, 6.45) is 6.90. The van der Waals surface area contributed by atoms with Crippen molar-refractivity contribution in [1.29, 1.82) is 0 Å². The Morgan fingerprint density at radius 1 is 1.44 bits per heavy atom. The van der Waals surface area contributed by atoms with Crippen LogP contribution in [0.2, 0.25) is 0 Å². The average molecular weight is 124 g/mol. The largest absolute Gasteiger partial charge is 0.389 e. The van der Waals surface area contributed by atoms with Crippen molar-refractivity contribution in [2.45, 2.75) is 12.5 Å². The molecule has 0 amide bonds. The van der Waals surface area contributed by atoms with E-state index < -0.39 is 6.10 Å². The zero-order chi connectivity index (χ0) is 7.11. The number of allylic oxidation sites excluding steroid dienone is 2. The molecule has 1 N–H and O–H groups in total. The molecule has 0 aliphatic carbocycles. The summed E-state index contributed by atoms with van der Waals surface area (Å²) in [6.45, 7) is 6.96. The maximum Gasteiger partial charge on any atom is 0.0758 e. The lowest BCUT2D eigenvalue weighted by Crippen LogP contribution is -1.97. The molecule has 9 heavy (non-hydrogen) atoms. The van der Waals surface area contributed by atoms with Gasteiger partial charge in [-0.3, -0.25) is 0 Å². The van der Waals surface area contributed by atoms with E-state index in [4.69, 9.17) is 5.11 Å². The minimum absolute atomic E-state index is 0.402. The SMILES string of the molecule is C=C/C=C\C(O)CC=C. The molecule has 0 aromatic rings. The third-order valence-corrected chi connectivity index (χ3v) is 0.878. The molecular formula is C8H12O. The van der Waals surface area contributed by atoms with Gasteiger partial charge in [0, 0.05) is 0 Å². The van der Waals surface area contributed by atoms with Crippen LogP contribution in [0.3, 0.4) is 0 Å². The second-order valence-corrected chi connectivity index (χ2v) is 1.71. The Labute approximate surface area is 56.0 Å². The van der Waals surface area contributed by atoms with Crippen LogP contribution >= 0.6 is 0 Å². The molecule has 0 saturated heterocycles. The van der Waals surface area contributed by atoms with Crippen molar-refractivity contribution in [2.75, 3.05) is 0 Å². The van der Waals surface area contributed by atoms with E-state index in [1.165, 1.54) is 0 Å². The molecule has 0 aromatic heterocycles. The predicted octanol–water partition coefficient (Wildman–Crippen LogP) is 1.67. The van der Waals surface area contributed by atoms with Crippen molar-refractivity contribution in [2.24, 2.45) is 0 Å². The maximum atomic E-state index is 8.97. The summed E-state index contributed by atoms with van der Waals surface area (Å²) >= 11 is 0. The van der Waals surface area contributed by atoms with E-state index in [-0.39, 0.29) is 0 Å². The van der Waals surface area contributed by atoms with Crippen molar-refractivity contribution in [3.8, 4) is 0 Å². The first-order valence-corrected chi connectivity index (χ1v) is 2.89. The van der Waals surface area contributed by atoms with Gasteiger partial charge in [-0.05, 0) is 6.42 Å². The highest BCUT2D eigenvalue weighted by molar-refractivity contribution is 5.01. The molecule has 1 atom stereocenters. The van der Waals surface area contributed by atoms with E-state index in [2.05, 4.69) is 13.2 Å². The molecule has 0 aromatic carbocycles. The highest BCUT2D eigenvalue weighted by atomic mass is 16.3. The maximum absolute atomic E-state index is 8.97. The van der Waals surface area contributed by atoms with Crippen molar-refractivity contribution < 1.29 is 5.11 Å². The number of rotatable bonds is 4. The molecule has 0 saturated carbocycles. The van der Waals surface area contributed by atoms with E-state index in [0.29, 0.717) is 6.42 Å². The Morgan fingerprint density at radius 3 is 2.56 bits per heavy atom. The Kier molecular flexibility index (Phi) is 4.83. The fourth-order valence-corrected chi connectivity index (χ4v) is 0.456. The molecule has 0 spiro atoms. The summed E-state index contributed by atoms with van der Waals surface area (Å²) in [5.41, 5.74) is 0. The first-order valence-electron chi connectivity index (χ1n) is 2.89. The van der Waals surface area contributed by atoms with Crippen LogP contribution in [0.5, 0.6) is 0 Å². The summed E-state index contributed by atoms with van der Waals surface area (Å²) in [6, 6.07) is 0. The van der Waals surface area contributed by atoms with Crippen LogP contribution < -0.4 is 0 Å². The minimum atomic E-state index is -0.402. The van der Waals surface area contributed by atoms with Gasteiger partial charge in [-0.1, -0.05) is 30.9 Å². The van der Waals surface area contributed by atoms with Gasteiger partial charge in [0.25, 0.3) is 0 Å². The van der Waals surface area contributed by atoms with Gasteiger partial charge in [-0.2, -0.15) is 0 Å². The van der Waals surface area contributed by atoms with Gasteiger partial charge in [-0.25, -0.2) is 0 Å². The molecule has 1 nitrogen and oxygen atoms in total. The predicted molar refractivity (Wildman–Crippen MR) is 40.2 cm³/mol. The monoisotopic (exact) mass is 124 g/mol. The van der Waals surface area contributed by atoms with E-state index in [0.717, 1.165) is 0 Å². The van der Waals surface area contributed by atoms with Crippen molar-refractivity contribution in [1.82, 2.24) is 0 Å². The summed E-state index contributed by atoms with van der Waals surface area (Å²) in [5, 5.41) is 8.97. The highest BCUT2D eigenvalue weighted by Gasteiger charge is 1.90. The third-order valence-electron chi connectivity index (χ3n) is 0.878. The second-order valence-electron chi connectivity index (χ2n) is 1.71. The Balaban J connectivity index is 3.47. The van der Waals surface area contributed by atoms with E-state index in [1.54, 1.807) is 24.3 Å². The van der Waals surface area contributed by atoms with Crippen molar-refractivity contribution in [3.05, 3.63) is 37.5 Å². The quantitative estimate of drug-likeness (QED) is 0.446. The number of aliphatic hydroxyl groups excluding tert-OH is 1. The standard InChI is InChI=1S/C8H12O/c1-3-5-7-8(9)6-4-2/h3-5,7-9H,1-2,6H2/b7-5-. The zero-order valence-electron chi connectivity index (χ0n) is 5.46. The van der Waals surface area contributed by atoms with Gasteiger partial charge in [0.2, 0.25) is 0 Å². The normalized spacial score (nSPS) is 13.4. The first kappa shape index (κ1) is 8.18. The van der Waals surface area contributed by atoms with Crippen LogP contribution in [0.15, 0.2) is 37.5 Å². The molecule has 0 bridgehead atoms. The van der Waals surface area contributed by atoms with Crippen molar-refractivity contribution >= 4 is 0 Å². The van der Waals surface area contributed by atoms with Gasteiger partial charge in [0.15, 0.2) is 0 Å². The topological polar surface area (TPSA) is 20.2 Å². The molecule has 0 heterocycles. The molecule has 0 aliphatic rings. The fraction of sp³-hybridized carbons (Fsp3) is 0.250. The van der Waals surface area contributed by atoms with Crippen LogP contribution in [0.1, 0.15) is 6.42 Å². The van der Waals surface area contributed by atoms with Gasteiger partial charge >= 0.3 is 0 Å². The Hall–Kier alpha value is -0.820. The molecule has 0 radical (unpaired) electrons. The van der Waals surface area contributed by atoms with Gasteiger partial charge in [0.1, 0.15) is 0 Å².